The molecule has 5 heteroatoms. The summed E-state index contributed by atoms with van der Waals surface area (Å²) in [6.45, 7) is 5.93. The number of hydrogen-bond acceptors (Lipinski definition) is 2. The van der Waals surface area contributed by atoms with Crippen molar-refractivity contribution in [3.8, 4) is 0 Å². The van der Waals surface area contributed by atoms with E-state index >= 15 is 0 Å². The van der Waals surface area contributed by atoms with Crippen LogP contribution in [-0.4, -0.2) is 11.6 Å². The molecule has 3 nitrogen and oxygen atoms in total. The van der Waals surface area contributed by atoms with E-state index in [1.807, 2.05) is 32.0 Å². The summed E-state index contributed by atoms with van der Waals surface area (Å²) in [6.07, 6.45) is 0. The maximum atomic E-state index is 12.1. The zero-order valence-corrected chi connectivity index (χ0v) is 14.1. The van der Waals surface area contributed by atoms with Crippen LogP contribution in [0.5, 0.6) is 0 Å². The van der Waals surface area contributed by atoms with Crippen LogP contribution in [0.2, 0.25) is 10.0 Å². The van der Waals surface area contributed by atoms with E-state index in [2.05, 4.69) is 17.5 Å². The predicted molar refractivity (Wildman–Crippen MR) is 92.1 cm³/mol. The molecule has 0 aliphatic carbocycles. The molecule has 0 radical (unpaired) electrons. The van der Waals surface area contributed by atoms with Gasteiger partial charge in [0.15, 0.2) is 0 Å². The van der Waals surface area contributed by atoms with Crippen LogP contribution in [0, 0.1) is 13.8 Å². The van der Waals surface area contributed by atoms with E-state index in [9.17, 15) is 4.79 Å². The highest BCUT2D eigenvalue weighted by Crippen LogP contribution is 2.20. The van der Waals surface area contributed by atoms with Gasteiger partial charge in [-0.25, -0.2) is 5.43 Å². The second-order valence-electron chi connectivity index (χ2n) is 5.06. The Morgan fingerprint density at radius 1 is 1.05 bits per heavy atom. The van der Waals surface area contributed by atoms with E-state index < -0.39 is 0 Å². The number of rotatable bonds is 3. The summed E-state index contributed by atoms with van der Waals surface area (Å²) in [5, 5.41) is 4.91. The number of benzene rings is 2. The first-order valence-corrected chi connectivity index (χ1v) is 7.51. The highest BCUT2D eigenvalue weighted by atomic mass is 35.5. The molecule has 0 atom stereocenters. The van der Waals surface area contributed by atoms with Crippen molar-refractivity contribution < 1.29 is 4.79 Å². The standard InChI is InChI=1S/C17H16Cl2N2O/c1-10-4-5-13(8-11(10)2)12(3)20-21-17(22)15-7-6-14(18)9-16(15)19/h4-9H,1-3H3,(H,21,22)/b20-12+. The highest BCUT2D eigenvalue weighted by molar-refractivity contribution is 6.36. The fourth-order valence-electron chi connectivity index (χ4n) is 1.90. The average molecular weight is 335 g/mol. The Morgan fingerprint density at radius 2 is 1.77 bits per heavy atom. The molecule has 0 unspecified atom stereocenters. The first kappa shape index (κ1) is 16.5. The predicted octanol–water partition coefficient (Wildman–Crippen LogP) is 4.76. The summed E-state index contributed by atoms with van der Waals surface area (Å²) in [5.74, 6) is -0.371. The van der Waals surface area contributed by atoms with Crippen molar-refractivity contribution in [1.82, 2.24) is 5.43 Å². The van der Waals surface area contributed by atoms with Crippen molar-refractivity contribution in [3.05, 3.63) is 68.7 Å². The summed E-state index contributed by atoms with van der Waals surface area (Å²) < 4.78 is 0. The molecule has 0 heterocycles. The smallest absolute Gasteiger partial charge is 0.267 e. The number of hydrogen-bond donors (Lipinski definition) is 1. The van der Waals surface area contributed by atoms with E-state index in [0.29, 0.717) is 15.6 Å². The van der Waals surface area contributed by atoms with Crippen LogP contribution in [0.4, 0.5) is 0 Å². The van der Waals surface area contributed by atoms with Gasteiger partial charge in [0.2, 0.25) is 0 Å². The monoisotopic (exact) mass is 334 g/mol. The Balaban J connectivity index is 2.16. The number of carbonyl (C=O) groups excluding carboxylic acids is 1. The largest absolute Gasteiger partial charge is 0.272 e. The van der Waals surface area contributed by atoms with Gasteiger partial charge < -0.3 is 0 Å². The normalized spacial score (nSPS) is 11.4. The molecule has 0 aromatic heterocycles. The Labute approximate surface area is 139 Å². The Kier molecular flexibility index (Phi) is 5.22. The van der Waals surface area contributed by atoms with Gasteiger partial charge in [-0.3, -0.25) is 4.79 Å². The maximum Gasteiger partial charge on any atom is 0.272 e. The molecule has 1 N–H and O–H groups in total. The molecule has 22 heavy (non-hydrogen) atoms. The van der Waals surface area contributed by atoms with E-state index in [-0.39, 0.29) is 5.91 Å². The van der Waals surface area contributed by atoms with Gasteiger partial charge in [0.05, 0.1) is 16.3 Å². The maximum absolute atomic E-state index is 12.1. The highest BCUT2D eigenvalue weighted by Gasteiger charge is 2.10. The molecule has 0 aliphatic heterocycles. The van der Waals surface area contributed by atoms with Gasteiger partial charge in [-0.1, -0.05) is 35.3 Å². The quantitative estimate of drug-likeness (QED) is 0.637. The van der Waals surface area contributed by atoms with Gasteiger partial charge in [-0.05, 0) is 61.7 Å². The number of carbonyl (C=O) groups is 1. The Bertz CT molecular complexity index is 754. The van der Waals surface area contributed by atoms with Gasteiger partial charge in [-0.15, -0.1) is 0 Å². The van der Waals surface area contributed by atoms with Gasteiger partial charge in [0.1, 0.15) is 0 Å². The third kappa shape index (κ3) is 3.87. The molecule has 2 rings (SSSR count). The average Bonchev–Trinajstić information content (AvgIpc) is 2.47. The van der Waals surface area contributed by atoms with Crippen molar-refractivity contribution in [3.63, 3.8) is 0 Å². The fraction of sp³-hybridized carbons (Fsp3) is 0.176. The first-order chi connectivity index (χ1) is 10.4. The summed E-state index contributed by atoms with van der Waals surface area (Å²) in [4.78, 5) is 12.1. The number of amides is 1. The number of hydrazone groups is 1. The second kappa shape index (κ2) is 6.95. The van der Waals surface area contributed by atoms with Gasteiger partial charge in [0.25, 0.3) is 5.91 Å². The van der Waals surface area contributed by atoms with E-state index in [1.54, 1.807) is 12.1 Å². The molecule has 0 bridgehead atoms. The van der Waals surface area contributed by atoms with Crippen molar-refractivity contribution in [2.45, 2.75) is 20.8 Å². The number of aryl methyl sites for hydroxylation is 2. The van der Waals surface area contributed by atoms with Crippen LogP contribution in [-0.2, 0) is 0 Å². The Hall–Kier alpha value is -1.84. The molecule has 2 aromatic carbocycles. The molecule has 2 aromatic rings. The van der Waals surface area contributed by atoms with Crippen molar-refractivity contribution >= 4 is 34.8 Å². The number of nitrogens with zero attached hydrogens (tertiary/aromatic N) is 1. The lowest BCUT2D eigenvalue weighted by Gasteiger charge is -2.06. The van der Waals surface area contributed by atoms with Gasteiger partial charge >= 0.3 is 0 Å². The number of halogens is 2. The lowest BCUT2D eigenvalue weighted by Crippen LogP contribution is -2.19. The summed E-state index contributed by atoms with van der Waals surface area (Å²) in [5.41, 5.74) is 6.93. The summed E-state index contributed by atoms with van der Waals surface area (Å²) >= 11 is 11.8. The van der Waals surface area contributed by atoms with Crippen LogP contribution in [0.15, 0.2) is 41.5 Å². The third-order valence-electron chi connectivity index (χ3n) is 3.43. The SMILES string of the molecule is C/C(=N\NC(=O)c1ccc(Cl)cc1Cl)c1ccc(C)c(C)c1. The van der Waals surface area contributed by atoms with E-state index in [4.69, 9.17) is 23.2 Å². The lowest BCUT2D eigenvalue weighted by molar-refractivity contribution is 0.0955. The zero-order chi connectivity index (χ0) is 16.3. The molecule has 0 saturated carbocycles. The van der Waals surface area contributed by atoms with E-state index in [1.165, 1.54) is 17.2 Å². The molecular weight excluding hydrogens is 319 g/mol. The van der Waals surface area contributed by atoms with Crippen LogP contribution in [0.1, 0.15) is 34.0 Å². The molecule has 1 amide bonds. The van der Waals surface area contributed by atoms with Crippen molar-refractivity contribution in [2.75, 3.05) is 0 Å². The topological polar surface area (TPSA) is 41.5 Å². The fourth-order valence-corrected chi connectivity index (χ4v) is 2.39. The van der Waals surface area contributed by atoms with Gasteiger partial charge in [-0.2, -0.15) is 5.10 Å². The molecule has 0 spiro atoms. The van der Waals surface area contributed by atoms with Crippen LogP contribution < -0.4 is 5.43 Å². The lowest BCUT2D eigenvalue weighted by atomic mass is 10.0. The van der Waals surface area contributed by atoms with Crippen molar-refractivity contribution in [1.29, 1.82) is 0 Å². The van der Waals surface area contributed by atoms with Crippen LogP contribution >= 0.6 is 23.2 Å². The van der Waals surface area contributed by atoms with Crippen LogP contribution in [0.25, 0.3) is 0 Å². The number of nitrogens with one attached hydrogen (secondary N) is 1. The minimum atomic E-state index is -0.371. The van der Waals surface area contributed by atoms with Crippen molar-refractivity contribution in [2.24, 2.45) is 5.10 Å². The minimum absolute atomic E-state index is 0.295. The molecule has 0 fully saturated rings. The second-order valence-corrected chi connectivity index (χ2v) is 5.90. The molecule has 114 valence electrons. The van der Waals surface area contributed by atoms with E-state index in [0.717, 1.165) is 11.3 Å². The van der Waals surface area contributed by atoms with Gasteiger partial charge in [0, 0.05) is 5.02 Å². The summed E-state index contributed by atoms with van der Waals surface area (Å²) in [7, 11) is 0. The van der Waals surface area contributed by atoms with Crippen LogP contribution in [0.3, 0.4) is 0 Å². The molecular formula is C17H16Cl2N2O. The third-order valence-corrected chi connectivity index (χ3v) is 3.97. The first-order valence-electron chi connectivity index (χ1n) is 6.76. The molecule has 0 aliphatic rings. The Morgan fingerprint density at radius 3 is 2.41 bits per heavy atom. The summed E-state index contributed by atoms with van der Waals surface area (Å²) in [6, 6.07) is 10.8. The minimum Gasteiger partial charge on any atom is -0.267 e. The molecule has 0 saturated heterocycles. The zero-order valence-electron chi connectivity index (χ0n) is 12.6.